The molecule has 1 atom stereocenters. The molecule has 0 amide bonds. The van der Waals surface area contributed by atoms with Crippen molar-refractivity contribution in [3.8, 4) is 0 Å². The zero-order valence-corrected chi connectivity index (χ0v) is 21.5. The number of carbonyl (C=O) groups is 1. The van der Waals surface area contributed by atoms with Crippen LogP contribution < -0.4 is 14.9 Å². The van der Waals surface area contributed by atoms with Crippen LogP contribution in [0.4, 0.5) is 0 Å². The molecule has 0 radical (unpaired) electrons. The SMILES string of the molecule is CCOC(=O)C1=C(c2ccccc2)N=c2s/c(=C\c3cccc4ccccc34)c(=O)n2[C@@H]1c1ccccc1. The number of hydrogen-bond acceptors (Lipinski definition) is 5. The van der Waals surface area contributed by atoms with Crippen LogP contribution in [-0.4, -0.2) is 17.1 Å². The van der Waals surface area contributed by atoms with Gasteiger partial charge in [-0.05, 0) is 34.9 Å². The van der Waals surface area contributed by atoms with Crippen LogP contribution in [0.15, 0.2) is 118 Å². The van der Waals surface area contributed by atoms with Crippen molar-refractivity contribution in [1.82, 2.24) is 4.57 Å². The molecule has 5 aromatic rings. The van der Waals surface area contributed by atoms with Crippen molar-refractivity contribution in [2.75, 3.05) is 6.61 Å². The Morgan fingerprint density at radius 1 is 0.921 bits per heavy atom. The highest BCUT2D eigenvalue weighted by Crippen LogP contribution is 2.35. The van der Waals surface area contributed by atoms with E-state index >= 15 is 0 Å². The van der Waals surface area contributed by atoms with Gasteiger partial charge in [0.25, 0.3) is 5.56 Å². The molecule has 6 heteroatoms. The van der Waals surface area contributed by atoms with E-state index in [0.717, 1.165) is 27.5 Å². The predicted octanol–water partition coefficient (Wildman–Crippen LogP) is 5.09. The fourth-order valence-electron chi connectivity index (χ4n) is 4.91. The molecule has 0 aliphatic carbocycles. The highest BCUT2D eigenvalue weighted by Gasteiger charge is 2.35. The minimum absolute atomic E-state index is 0.190. The summed E-state index contributed by atoms with van der Waals surface area (Å²) in [7, 11) is 0. The fraction of sp³-hybridized carbons (Fsp3) is 0.0938. The maximum atomic E-state index is 14.0. The predicted molar refractivity (Wildman–Crippen MR) is 151 cm³/mol. The third-order valence-corrected chi connectivity index (χ3v) is 7.58. The molecule has 1 aliphatic rings. The Hall–Kier alpha value is -4.55. The summed E-state index contributed by atoms with van der Waals surface area (Å²) >= 11 is 1.33. The molecule has 0 unspecified atom stereocenters. The quantitative estimate of drug-likeness (QED) is 0.306. The molecule has 0 saturated heterocycles. The second kappa shape index (κ2) is 10.1. The first-order chi connectivity index (χ1) is 18.7. The minimum atomic E-state index is -0.670. The Kier molecular flexibility index (Phi) is 6.32. The van der Waals surface area contributed by atoms with E-state index in [-0.39, 0.29) is 12.2 Å². The number of carbonyl (C=O) groups excluding carboxylic acids is 1. The highest BCUT2D eigenvalue weighted by molar-refractivity contribution is 7.07. The van der Waals surface area contributed by atoms with Crippen LogP contribution in [0.3, 0.4) is 0 Å². The average Bonchev–Trinajstić information content (AvgIpc) is 3.27. The first-order valence-corrected chi connectivity index (χ1v) is 13.3. The molecule has 0 saturated carbocycles. The van der Waals surface area contributed by atoms with E-state index in [2.05, 4.69) is 18.2 Å². The van der Waals surface area contributed by atoms with Crippen molar-refractivity contribution >= 4 is 39.9 Å². The topological polar surface area (TPSA) is 60.7 Å². The van der Waals surface area contributed by atoms with Crippen molar-refractivity contribution in [2.45, 2.75) is 13.0 Å². The van der Waals surface area contributed by atoms with E-state index in [1.165, 1.54) is 11.3 Å². The number of esters is 1. The van der Waals surface area contributed by atoms with E-state index in [1.54, 1.807) is 11.5 Å². The second-order valence-corrected chi connectivity index (χ2v) is 9.92. The van der Waals surface area contributed by atoms with Crippen molar-refractivity contribution in [2.24, 2.45) is 4.99 Å². The van der Waals surface area contributed by atoms with E-state index < -0.39 is 12.0 Å². The third kappa shape index (κ3) is 4.19. The van der Waals surface area contributed by atoms with Crippen molar-refractivity contribution < 1.29 is 9.53 Å². The number of thiazole rings is 1. The van der Waals surface area contributed by atoms with Gasteiger partial charge in [-0.25, -0.2) is 9.79 Å². The lowest BCUT2D eigenvalue weighted by Crippen LogP contribution is -2.40. The maximum absolute atomic E-state index is 14.0. The summed E-state index contributed by atoms with van der Waals surface area (Å²) in [4.78, 5) is 32.9. The van der Waals surface area contributed by atoms with Crippen molar-refractivity contribution in [3.05, 3.63) is 145 Å². The monoisotopic (exact) mass is 516 g/mol. The Balaban J connectivity index is 1.66. The number of fused-ring (bicyclic) bond motifs is 2. The molecule has 0 spiro atoms. The van der Waals surface area contributed by atoms with Gasteiger partial charge in [0.05, 0.1) is 28.5 Å². The summed E-state index contributed by atoms with van der Waals surface area (Å²) in [5.74, 6) is -0.479. The first-order valence-electron chi connectivity index (χ1n) is 12.5. The second-order valence-electron chi connectivity index (χ2n) is 8.91. The molecule has 0 bridgehead atoms. The summed E-state index contributed by atoms with van der Waals surface area (Å²) in [5.41, 5.74) is 3.26. The van der Waals surface area contributed by atoms with Gasteiger partial charge in [0.15, 0.2) is 4.80 Å². The largest absolute Gasteiger partial charge is 0.463 e. The van der Waals surface area contributed by atoms with Crippen LogP contribution in [0.1, 0.15) is 29.7 Å². The van der Waals surface area contributed by atoms with Gasteiger partial charge >= 0.3 is 5.97 Å². The van der Waals surface area contributed by atoms with Crippen LogP contribution in [-0.2, 0) is 9.53 Å². The molecule has 38 heavy (non-hydrogen) atoms. The molecule has 186 valence electrons. The lowest BCUT2D eigenvalue weighted by atomic mass is 9.93. The number of ether oxygens (including phenoxy) is 1. The van der Waals surface area contributed by atoms with Gasteiger partial charge in [-0.15, -0.1) is 0 Å². The number of nitrogens with zero attached hydrogens (tertiary/aromatic N) is 2. The van der Waals surface area contributed by atoms with Gasteiger partial charge in [0.2, 0.25) is 0 Å². The molecule has 1 aliphatic heterocycles. The number of aromatic nitrogens is 1. The normalized spacial score (nSPS) is 15.3. The van der Waals surface area contributed by atoms with Gasteiger partial charge in [0, 0.05) is 5.56 Å². The van der Waals surface area contributed by atoms with Crippen LogP contribution in [0, 0.1) is 0 Å². The van der Waals surface area contributed by atoms with Gasteiger partial charge in [-0.3, -0.25) is 9.36 Å². The molecular formula is C32H24N2O3S. The summed E-state index contributed by atoms with van der Waals surface area (Å²) in [5, 5.41) is 2.17. The molecule has 2 heterocycles. The molecular weight excluding hydrogens is 492 g/mol. The van der Waals surface area contributed by atoms with Crippen LogP contribution in [0.5, 0.6) is 0 Å². The smallest absolute Gasteiger partial charge is 0.338 e. The minimum Gasteiger partial charge on any atom is -0.463 e. The van der Waals surface area contributed by atoms with Gasteiger partial charge in [-0.1, -0.05) is 114 Å². The fourth-order valence-corrected chi connectivity index (χ4v) is 5.90. The number of rotatable bonds is 5. The number of hydrogen-bond donors (Lipinski definition) is 0. The van der Waals surface area contributed by atoms with Gasteiger partial charge in [0.1, 0.15) is 0 Å². The number of benzene rings is 4. The molecule has 0 N–H and O–H groups in total. The van der Waals surface area contributed by atoms with Crippen LogP contribution in [0.2, 0.25) is 0 Å². The zero-order chi connectivity index (χ0) is 26.1. The molecule has 4 aromatic carbocycles. The molecule has 5 nitrogen and oxygen atoms in total. The van der Waals surface area contributed by atoms with E-state index in [9.17, 15) is 9.59 Å². The molecule has 0 fully saturated rings. The Morgan fingerprint density at radius 3 is 2.37 bits per heavy atom. The van der Waals surface area contributed by atoms with E-state index in [1.807, 2.05) is 91.0 Å². The van der Waals surface area contributed by atoms with E-state index in [4.69, 9.17) is 9.73 Å². The lowest BCUT2D eigenvalue weighted by molar-refractivity contribution is -0.138. The molecule has 6 rings (SSSR count). The Morgan fingerprint density at radius 2 is 1.61 bits per heavy atom. The Bertz CT molecular complexity index is 1860. The summed E-state index contributed by atoms with van der Waals surface area (Å²) in [6, 6.07) is 32.7. The standard InChI is InChI=1S/C32H24N2O3S/c1-2-37-31(36)27-28(22-13-5-3-6-14-22)33-32-34(29(27)23-15-7-4-8-16-23)30(35)26(38-32)20-24-18-11-17-21-12-9-10-19-25(21)24/h3-20,29H,2H2,1H3/b26-20-/t29-/m1/s1. The van der Waals surface area contributed by atoms with Crippen LogP contribution >= 0.6 is 11.3 Å². The summed E-state index contributed by atoms with van der Waals surface area (Å²) < 4.78 is 7.70. The van der Waals surface area contributed by atoms with Gasteiger partial charge < -0.3 is 4.74 Å². The summed E-state index contributed by atoms with van der Waals surface area (Å²) in [6.07, 6.45) is 1.92. The van der Waals surface area contributed by atoms with Crippen molar-refractivity contribution in [1.29, 1.82) is 0 Å². The maximum Gasteiger partial charge on any atom is 0.338 e. The third-order valence-electron chi connectivity index (χ3n) is 6.60. The van der Waals surface area contributed by atoms with Gasteiger partial charge in [-0.2, -0.15) is 0 Å². The summed E-state index contributed by atoms with van der Waals surface area (Å²) in [6.45, 7) is 2.00. The zero-order valence-electron chi connectivity index (χ0n) is 20.7. The first kappa shape index (κ1) is 23.8. The molecule has 1 aromatic heterocycles. The van der Waals surface area contributed by atoms with Crippen molar-refractivity contribution in [3.63, 3.8) is 0 Å². The highest BCUT2D eigenvalue weighted by atomic mass is 32.1. The van der Waals surface area contributed by atoms with E-state index in [0.29, 0.717) is 20.6 Å². The van der Waals surface area contributed by atoms with Crippen LogP contribution in [0.25, 0.3) is 22.5 Å². The Labute approximate surface area is 223 Å². The average molecular weight is 517 g/mol. The lowest BCUT2D eigenvalue weighted by Gasteiger charge is -2.25.